The van der Waals surface area contributed by atoms with Gasteiger partial charge in [-0.2, -0.15) is 5.10 Å². The summed E-state index contributed by atoms with van der Waals surface area (Å²) in [6, 6.07) is 13.1. The van der Waals surface area contributed by atoms with Crippen LogP contribution < -0.4 is 20.2 Å². The average Bonchev–Trinajstić information content (AvgIpc) is 3.34. The molecule has 0 aliphatic carbocycles. The number of furan rings is 1. The normalized spacial score (nSPS) is 11.0. The minimum absolute atomic E-state index is 0.0539. The van der Waals surface area contributed by atoms with Gasteiger partial charge in [-0.15, -0.1) is 0 Å². The number of rotatable bonds is 6. The van der Waals surface area contributed by atoms with Crippen LogP contribution in [0.15, 0.2) is 68.8 Å². The Labute approximate surface area is 197 Å². The first-order valence-electron chi connectivity index (χ1n) is 9.64. The molecule has 0 aliphatic heterocycles. The van der Waals surface area contributed by atoms with E-state index in [1.165, 1.54) is 25.5 Å². The van der Waals surface area contributed by atoms with Crippen molar-refractivity contribution in [1.82, 2.24) is 5.43 Å². The molecule has 0 unspecified atom stereocenters. The maximum atomic E-state index is 12.2. The summed E-state index contributed by atoms with van der Waals surface area (Å²) in [6.45, 7) is 3.45. The molecule has 0 aliphatic rings. The quantitative estimate of drug-likeness (QED) is 0.168. The standard InChI is InChI=1S/C23H20BrN3O6/c1-13-11-16(24)7-8-17(13)25-21(28)22(29)27-26-14(2)15-6-9-18(20(12-15)31-3)33-23(30)19-5-4-10-32-19/h4-12H,1-3H3,(H,25,28)(H,27,29)/b26-14+. The van der Waals surface area contributed by atoms with Gasteiger partial charge in [0.2, 0.25) is 5.76 Å². The molecule has 0 saturated heterocycles. The number of carbonyl (C=O) groups excluding carboxylic acids is 3. The second-order valence-corrected chi connectivity index (χ2v) is 7.70. The molecule has 10 heteroatoms. The SMILES string of the molecule is COc1cc(/C(C)=N/NC(=O)C(=O)Nc2ccc(Br)cc2C)ccc1OC(=O)c1ccco1. The Bertz CT molecular complexity index is 1220. The van der Waals surface area contributed by atoms with Crippen molar-refractivity contribution in [2.24, 2.45) is 5.10 Å². The van der Waals surface area contributed by atoms with E-state index in [0.717, 1.165) is 10.0 Å². The topological polar surface area (TPSA) is 119 Å². The van der Waals surface area contributed by atoms with E-state index in [1.807, 2.05) is 13.0 Å². The van der Waals surface area contributed by atoms with E-state index in [4.69, 9.17) is 13.9 Å². The Morgan fingerprint density at radius 1 is 1.03 bits per heavy atom. The molecule has 2 aromatic carbocycles. The lowest BCUT2D eigenvalue weighted by molar-refractivity contribution is -0.136. The summed E-state index contributed by atoms with van der Waals surface area (Å²) >= 11 is 3.34. The Balaban J connectivity index is 1.66. The predicted molar refractivity (Wildman–Crippen MR) is 125 cm³/mol. The van der Waals surface area contributed by atoms with Gasteiger partial charge in [0.25, 0.3) is 0 Å². The molecule has 0 bridgehead atoms. The van der Waals surface area contributed by atoms with Crippen LogP contribution in [0.25, 0.3) is 0 Å². The third-order valence-corrected chi connectivity index (χ3v) is 4.97. The van der Waals surface area contributed by atoms with E-state index in [1.54, 1.807) is 37.3 Å². The molecule has 0 fully saturated rings. The highest BCUT2D eigenvalue weighted by Crippen LogP contribution is 2.29. The molecule has 2 N–H and O–H groups in total. The Morgan fingerprint density at radius 3 is 2.48 bits per heavy atom. The number of nitrogens with one attached hydrogen (secondary N) is 2. The molecule has 0 saturated carbocycles. The van der Waals surface area contributed by atoms with Crippen LogP contribution in [0.2, 0.25) is 0 Å². The molecule has 0 atom stereocenters. The van der Waals surface area contributed by atoms with E-state index in [0.29, 0.717) is 17.0 Å². The number of carbonyl (C=O) groups is 3. The lowest BCUT2D eigenvalue weighted by Gasteiger charge is -2.11. The lowest BCUT2D eigenvalue weighted by Crippen LogP contribution is -2.33. The van der Waals surface area contributed by atoms with Crippen LogP contribution in [0.5, 0.6) is 11.5 Å². The zero-order valence-corrected chi connectivity index (χ0v) is 19.6. The summed E-state index contributed by atoms with van der Waals surface area (Å²) < 4.78 is 16.5. The highest BCUT2D eigenvalue weighted by molar-refractivity contribution is 9.10. The van der Waals surface area contributed by atoms with Crippen LogP contribution >= 0.6 is 15.9 Å². The number of nitrogens with zero attached hydrogens (tertiary/aromatic N) is 1. The molecular weight excluding hydrogens is 494 g/mol. The van der Waals surface area contributed by atoms with E-state index < -0.39 is 17.8 Å². The summed E-state index contributed by atoms with van der Waals surface area (Å²) in [5.41, 5.74) is 4.52. The average molecular weight is 514 g/mol. The van der Waals surface area contributed by atoms with Crippen LogP contribution in [0.4, 0.5) is 5.69 Å². The fourth-order valence-electron chi connectivity index (χ4n) is 2.72. The van der Waals surface area contributed by atoms with Crippen LogP contribution in [-0.2, 0) is 9.59 Å². The zero-order chi connectivity index (χ0) is 24.0. The summed E-state index contributed by atoms with van der Waals surface area (Å²) in [6.07, 6.45) is 1.37. The number of benzene rings is 2. The number of ether oxygens (including phenoxy) is 2. The fraction of sp³-hybridized carbons (Fsp3) is 0.130. The number of methoxy groups -OCH3 is 1. The molecule has 3 rings (SSSR count). The van der Waals surface area contributed by atoms with E-state index in [9.17, 15) is 14.4 Å². The molecule has 2 amide bonds. The van der Waals surface area contributed by atoms with E-state index in [2.05, 4.69) is 31.8 Å². The number of hydrogen-bond donors (Lipinski definition) is 2. The van der Waals surface area contributed by atoms with Crippen LogP contribution in [0, 0.1) is 6.92 Å². The summed E-state index contributed by atoms with van der Waals surface area (Å²) in [4.78, 5) is 36.4. The van der Waals surface area contributed by atoms with Crippen molar-refractivity contribution in [3.05, 3.63) is 76.2 Å². The Morgan fingerprint density at radius 2 is 1.82 bits per heavy atom. The van der Waals surface area contributed by atoms with Crippen LogP contribution in [0.1, 0.15) is 28.6 Å². The maximum Gasteiger partial charge on any atom is 0.379 e. The van der Waals surface area contributed by atoms with Crippen molar-refractivity contribution in [3.63, 3.8) is 0 Å². The smallest absolute Gasteiger partial charge is 0.379 e. The van der Waals surface area contributed by atoms with Crippen molar-refractivity contribution < 1.29 is 28.3 Å². The molecule has 170 valence electrons. The van der Waals surface area contributed by atoms with Crippen molar-refractivity contribution in [3.8, 4) is 11.5 Å². The molecular formula is C23H20BrN3O6. The minimum atomic E-state index is -0.923. The first kappa shape index (κ1) is 23.7. The van der Waals surface area contributed by atoms with Gasteiger partial charge in [0.05, 0.1) is 19.1 Å². The second kappa shape index (κ2) is 10.6. The minimum Gasteiger partial charge on any atom is -0.493 e. The highest BCUT2D eigenvalue weighted by atomic mass is 79.9. The van der Waals surface area contributed by atoms with Gasteiger partial charge in [-0.3, -0.25) is 9.59 Å². The zero-order valence-electron chi connectivity index (χ0n) is 18.0. The predicted octanol–water partition coefficient (Wildman–Crippen LogP) is 4.06. The Hall–Kier alpha value is -3.92. The number of amides is 2. The summed E-state index contributed by atoms with van der Waals surface area (Å²) in [7, 11) is 1.42. The number of hydrogen-bond acceptors (Lipinski definition) is 7. The maximum absolute atomic E-state index is 12.2. The monoisotopic (exact) mass is 513 g/mol. The summed E-state index contributed by atoms with van der Waals surface area (Å²) in [5, 5.41) is 6.51. The largest absolute Gasteiger partial charge is 0.493 e. The highest BCUT2D eigenvalue weighted by Gasteiger charge is 2.17. The van der Waals surface area contributed by atoms with Gasteiger partial charge < -0.3 is 19.2 Å². The first-order valence-corrected chi connectivity index (χ1v) is 10.4. The number of halogens is 1. The Kier molecular flexibility index (Phi) is 7.62. The lowest BCUT2D eigenvalue weighted by atomic mass is 10.1. The van der Waals surface area contributed by atoms with Gasteiger partial charge >= 0.3 is 17.8 Å². The molecule has 9 nitrogen and oxygen atoms in total. The second-order valence-electron chi connectivity index (χ2n) is 6.78. The van der Waals surface area contributed by atoms with Gasteiger partial charge in [0.1, 0.15) is 0 Å². The molecule has 3 aromatic rings. The number of esters is 1. The van der Waals surface area contributed by atoms with Crippen LogP contribution in [0.3, 0.4) is 0 Å². The van der Waals surface area contributed by atoms with Crippen LogP contribution in [-0.4, -0.2) is 30.6 Å². The third kappa shape index (κ3) is 6.07. The van der Waals surface area contributed by atoms with Gasteiger partial charge in [0.15, 0.2) is 11.5 Å². The van der Waals surface area contributed by atoms with E-state index >= 15 is 0 Å². The van der Waals surface area contributed by atoms with Gasteiger partial charge in [-0.25, -0.2) is 10.2 Å². The molecule has 0 spiro atoms. The van der Waals surface area contributed by atoms with Crippen molar-refractivity contribution >= 4 is 45.1 Å². The van der Waals surface area contributed by atoms with Crippen molar-refractivity contribution in [2.45, 2.75) is 13.8 Å². The molecule has 1 heterocycles. The first-order chi connectivity index (χ1) is 15.8. The third-order valence-electron chi connectivity index (χ3n) is 4.47. The molecule has 0 radical (unpaired) electrons. The number of aryl methyl sites for hydroxylation is 1. The molecule has 33 heavy (non-hydrogen) atoms. The van der Waals surface area contributed by atoms with Gasteiger partial charge in [-0.1, -0.05) is 15.9 Å². The summed E-state index contributed by atoms with van der Waals surface area (Å²) in [5.74, 6) is -1.93. The van der Waals surface area contributed by atoms with Gasteiger partial charge in [-0.05, 0) is 67.9 Å². The van der Waals surface area contributed by atoms with Crippen molar-refractivity contribution in [2.75, 3.05) is 12.4 Å². The number of hydrazone groups is 1. The van der Waals surface area contributed by atoms with Crippen molar-refractivity contribution in [1.29, 1.82) is 0 Å². The molecule has 1 aromatic heterocycles. The number of anilines is 1. The van der Waals surface area contributed by atoms with Gasteiger partial charge in [0, 0.05) is 15.7 Å². The fourth-order valence-corrected chi connectivity index (χ4v) is 3.19. The van der Waals surface area contributed by atoms with E-state index in [-0.39, 0.29) is 17.3 Å².